The van der Waals surface area contributed by atoms with Gasteiger partial charge in [0, 0.05) is 44.9 Å². The Morgan fingerprint density at radius 3 is 1.71 bits per heavy atom. The molecule has 0 fully saturated rings. The molecule has 56 heavy (non-hydrogen) atoms. The third-order valence-corrected chi connectivity index (χ3v) is 10.9. The normalized spacial score (nSPS) is 11.6. The smallest absolute Gasteiger partial charge is 0.0963 e. The van der Waals surface area contributed by atoms with Crippen LogP contribution in [0.3, 0.4) is 0 Å². The molecule has 262 valence electrons. The Morgan fingerprint density at radius 1 is 0.304 bits per heavy atom. The Kier molecular flexibility index (Phi) is 7.46. The zero-order valence-electron chi connectivity index (χ0n) is 30.4. The van der Waals surface area contributed by atoms with Gasteiger partial charge >= 0.3 is 0 Å². The minimum Gasteiger partial charge on any atom is -0.309 e. The van der Waals surface area contributed by atoms with E-state index in [1.807, 2.05) is 18.3 Å². The van der Waals surface area contributed by atoms with Crippen molar-refractivity contribution in [3.05, 3.63) is 206 Å². The molecule has 4 heteroatoms. The lowest BCUT2D eigenvalue weighted by Gasteiger charge is -2.13. The number of pyridine rings is 2. The van der Waals surface area contributed by atoms with Crippen LogP contribution in [-0.2, 0) is 0 Å². The number of benzene rings is 7. The van der Waals surface area contributed by atoms with Crippen LogP contribution in [-0.4, -0.2) is 19.1 Å². The van der Waals surface area contributed by atoms with Crippen LogP contribution < -0.4 is 0 Å². The van der Waals surface area contributed by atoms with Crippen LogP contribution in [0.25, 0.3) is 99.9 Å². The van der Waals surface area contributed by atoms with E-state index in [1.165, 1.54) is 21.8 Å². The first-order chi connectivity index (χ1) is 27.8. The summed E-state index contributed by atoms with van der Waals surface area (Å²) < 4.78 is 4.71. The maximum atomic E-state index is 5.23. The molecule has 0 unspecified atom stereocenters. The molecule has 0 aliphatic rings. The van der Waals surface area contributed by atoms with E-state index in [2.05, 4.69) is 197 Å². The molecule has 0 saturated heterocycles. The number of aromatic nitrogens is 4. The van der Waals surface area contributed by atoms with Crippen molar-refractivity contribution in [1.82, 2.24) is 19.1 Å². The van der Waals surface area contributed by atoms with Crippen molar-refractivity contribution in [2.75, 3.05) is 0 Å². The molecular formula is C52H34N4. The average molecular weight is 715 g/mol. The first kappa shape index (κ1) is 31.9. The molecule has 11 rings (SSSR count). The van der Waals surface area contributed by atoms with Crippen LogP contribution in [0.1, 0.15) is 0 Å². The third-order valence-electron chi connectivity index (χ3n) is 10.9. The topological polar surface area (TPSA) is 35.6 Å². The van der Waals surface area contributed by atoms with Gasteiger partial charge in [0.25, 0.3) is 0 Å². The van der Waals surface area contributed by atoms with Gasteiger partial charge in [0.15, 0.2) is 0 Å². The van der Waals surface area contributed by atoms with E-state index in [0.717, 1.165) is 78.1 Å². The van der Waals surface area contributed by atoms with Crippen LogP contribution in [0.5, 0.6) is 0 Å². The number of hydrogen-bond donors (Lipinski definition) is 0. The molecule has 0 amide bonds. The summed E-state index contributed by atoms with van der Waals surface area (Å²) in [5.74, 6) is 0. The molecule has 4 heterocycles. The van der Waals surface area contributed by atoms with E-state index >= 15 is 0 Å². The molecular weight excluding hydrogens is 681 g/mol. The van der Waals surface area contributed by atoms with Crippen molar-refractivity contribution in [3.63, 3.8) is 0 Å². The summed E-state index contributed by atoms with van der Waals surface area (Å²) in [6.45, 7) is 0. The van der Waals surface area contributed by atoms with Gasteiger partial charge in [-0.3, -0.25) is 4.98 Å². The van der Waals surface area contributed by atoms with E-state index in [-0.39, 0.29) is 0 Å². The Morgan fingerprint density at radius 2 is 0.893 bits per heavy atom. The molecule has 0 aliphatic heterocycles. The molecule has 0 spiro atoms. The lowest BCUT2D eigenvalue weighted by molar-refractivity contribution is 1.17. The fraction of sp³-hybridized carbons (Fsp3) is 0. The Labute approximate surface area is 324 Å². The zero-order chi connectivity index (χ0) is 37.0. The second-order valence-electron chi connectivity index (χ2n) is 14.3. The molecule has 7 aromatic carbocycles. The molecule has 0 saturated carbocycles. The summed E-state index contributed by atoms with van der Waals surface area (Å²) in [6, 6.07) is 71.2. The maximum absolute atomic E-state index is 5.23. The number of fused-ring (bicyclic) bond motifs is 6. The highest BCUT2D eigenvalue weighted by Crippen LogP contribution is 2.38. The highest BCUT2D eigenvalue weighted by molar-refractivity contribution is 6.11. The lowest BCUT2D eigenvalue weighted by atomic mass is 10.00. The van der Waals surface area contributed by atoms with Crippen molar-refractivity contribution in [2.45, 2.75) is 0 Å². The second kappa shape index (κ2) is 13.1. The van der Waals surface area contributed by atoms with Crippen molar-refractivity contribution < 1.29 is 0 Å². The fourth-order valence-electron chi connectivity index (χ4n) is 8.34. The van der Waals surface area contributed by atoms with Crippen LogP contribution >= 0.6 is 0 Å². The first-order valence-electron chi connectivity index (χ1n) is 19.0. The number of rotatable bonds is 6. The van der Waals surface area contributed by atoms with Gasteiger partial charge in [-0.1, -0.05) is 127 Å². The number of para-hydroxylation sites is 2. The summed E-state index contributed by atoms with van der Waals surface area (Å²) in [6.07, 6.45) is 1.89. The van der Waals surface area contributed by atoms with Crippen molar-refractivity contribution in [2.24, 2.45) is 0 Å². The van der Waals surface area contributed by atoms with Gasteiger partial charge in [0.05, 0.1) is 39.0 Å². The summed E-state index contributed by atoms with van der Waals surface area (Å²) in [4.78, 5) is 10.2. The molecule has 11 aromatic rings. The van der Waals surface area contributed by atoms with E-state index in [0.29, 0.717) is 0 Å². The molecule has 0 aliphatic carbocycles. The Bertz CT molecular complexity index is 3170. The molecule has 0 N–H and O–H groups in total. The predicted octanol–water partition coefficient (Wildman–Crippen LogP) is 13.3. The maximum Gasteiger partial charge on any atom is 0.0963 e. The van der Waals surface area contributed by atoms with Gasteiger partial charge in [-0.05, 0) is 95.1 Å². The predicted molar refractivity (Wildman–Crippen MR) is 232 cm³/mol. The zero-order valence-corrected chi connectivity index (χ0v) is 30.4. The Hall–Kier alpha value is -7.56. The van der Waals surface area contributed by atoms with E-state index in [1.54, 1.807) is 0 Å². The minimum atomic E-state index is 0.927. The Balaban J connectivity index is 1.06. The van der Waals surface area contributed by atoms with Crippen molar-refractivity contribution in [1.29, 1.82) is 0 Å². The largest absolute Gasteiger partial charge is 0.309 e. The molecule has 0 atom stereocenters. The highest BCUT2D eigenvalue weighted by Gasteiger charge is 2.18. The minimum absolute atomic E-state index is 0.927. The van der Waals surface area contributed by atoms with Crippen LogP contribution in [0, 0.1) is 0 Å². The molecule has 4 nitrogen and oxygen atoms in total. The van der Waals surface area contributed by atoms with Gasteiger partial charge in [0.1, 0.15) is 0 Å². The van der Waals surface area contributed by atoms with Gasteiger partial charge in [-0.2, -0.15) is 0 Å². The third kappa shape index (κ3) is 5.31. The van der Waals surface area contributed by atoms with E-state index in [4.69, 9.17) is 9.97 Å². The summed E-state index contributed by atoms with van der Waals surface area (Å²) >= 11 is 0. The average Bonchev–Trinajstić information content (AvgIpc) is 3.79. The van der Waals surface area contributed by atoms with E-state index < -0.39 is 0 Å². The van der Waals surface area contributed by atoms with Gasteiger partial charge in [-0.15, -0.1) is 0 Å². The molecule has 0 bridgehead atoms. The van der Waals surface area contributed by atoms with Gasteiger partial charge in [0.2, 0.25) is 0 Å². The number of nitrogens with zero attached hydrogens (tertiary/aromatic N) is 4. The molecule has 4 aromatic heterocycles. The fourth-order valence-corrected chi connectivity index (χ4v) is 8.34. The van der Waals surface area contributed by atoms with Crippen molar-refractivity contribution in [3.8, 4) is 56.1 Å². The summed E-state index contributed by atoms with van der Waals surface area (Å²) in [5.41, 5.74) is 16.4. The standard InChI is InChI=1S/C52H34N4/c1-4-14-35(15-5-1)40-32-46(36-16-6-2-7-17-36)54-47(33-40)39-18-12-21-42(30-39)56-49-28-26-37(31-45(49)52-50(56)24-13-29-53-52)38-25-27-44-43-22-10-11-23-48(43)55(51(44)34-38)41-19-8-3-9-20-41/h1-34H. The van der Waals surface area contributed by atoms with Gasteiger partial charge in [-0.25, -0.2) is 4.98 Å². The highest BCUT2D eigenvalue weighted by atomic mass is 15.0. The summed E-state index contributed by atoms with van der Waals surface area (Å²) in [5, 5.41) is 3.61. The van der Waals surface area contributed by atoms with Crippen LogP contribution in [0.4, 0.5) is 0 Å². The quantitative estimate of drug-likeness (QED) is 0.172. The number of hydrogen-bond acceptors (Lipinski definition) is 2. The van der Waals surface area contributed by atoms with Gasteiger partial charge < -0.3 is 9.13 Å². The second-order valence-corrected chi connectivity index (χ2v) is 14.3. The van der Waals surface area contributed by atoms with E-state index in [9.17, 15) is 0 Å². The lowest BCUT2D eigenvalue weighted by Crippen LogP contribution is -1.96. The first-order valence-corrected chi connectivity index (χ1v) is 19.0. The van der Waals surface area contributed by atoms with Crippen LogP contribution in [0.15, 0.2) is 206 Å². The monoisotopic (exact) mass is 714 g/mol. The SMILES string of the molecule is c1ccc(-c2cc(-c3ccccc3)nc(-c3cccc(-n4c5ccc(-c6ccc7c8ccccc8n(-c8ccccc8)c7c6)cc5c5ncccc54)c3)c2)cc1. The van der Waals surface area contributed by atoms with Crippen molar-refractivity contribution >= 4 is 43.7 Å². The molecule has 0 radical (unpaired) electrons. The van der Waals surface area contributed by atoms with Crippen LogP contribution in [0.2, 0.25) is 0 Å². The summed E-state index contributed by atoms with van der Waals surface area (Å²) in [7, 11) is 0.